The van der Waals surface area contributed by atoms with E-state index in [2.05, 4.69) is 9.68 Å². The molecule has 0 aliphatic carbocycles. The van der Waals surface area contributed by atoms with E-state index in [9.17, 15) is 28.0 Å². The first-order valence-electron chi connectivity index (χ1n) is 10.3. The van der Waals surface area contributed by atoms with Crippen LogP contribution in [-0.2, 0) is 14.1 Å². The van der Waals surface area contributed by atoms with E-state index in [1.807, 2.05) is 0 Å². The van der Waals surface area contributed by atoms with E-state index in [4.69, 9.17) is 9.47 Å². The van der Waals surface area contributed by atoms with Crippen molar-refractivity contribution in [3.63, 3.8) is 0 Å². The van der Waals surface area contributed by atoms with Crippen LogP contribution in [0.2, 0.25) is 0 Å². The molecule has 2 atom stereocenters. The number of carbonyl (C=O) groups excluding carboxylic acids is 2. The molecule has 1 saturated heterocycles. The Kier molecular flexibility index (Phi) is 7.18. The second-order valence-corrected chi connectivity index (χ2v) is 8.26. The zero-order chi connectivity index (χ0) is 24.2. The zero-order valence-electron chi connectivity index (χ0n) is 17.7. The molecule has 2 aliphatic heterocycles. The highest BCUT2D eigenvalue weighted by Crippen LogP contribution is 2.32. The van der Waals surface area contributed by atoms with Gasteiger partial charge in [-0.15, -0.1) is 0 Å². The normalized spacial score (nSPS) is 19.2. The first-order chi connectivity index (χ1) is 16.4. The number of carbonyl (C=O) groups is 2. The second kappa shape index (κ2) is 10.3. The molecule has 1 aromatic carbocycles. The number of aliphatic hydroxyl groups excluding tert-OH is 1. The van der Waals surface area contributed by atoms with E-state index < -0.39 is 35.8 Å². The maximum absolute atomic E-state index is 14.9. The molecule has 1 fully saturated rings. The Hall–Kier alpha value is -3.37. The zero-order valence-corrected chi connectivity index (χ0v) is 18.6. The van der Waals surface area contributed by atoms with Gasteiger partial charge in [0.05, 0.1) is 18.4 Å². The number of halogens is 2. The predicted molar refractivity (Wildman–Crippen MR) is 114 cm³/mol. The van der Waals surface area contributed by atoms with Gasteiger partial charge in [-0.3, -0.25) is 14.3 Å². The summed E-state index contributed by atoms with van der Waals surface area (Å²) in [4.78, 5) is 26.8. The smallest absolute Gasteiger partial charge is 0.414 e. The lowest BCUT2D eigenvalue weighted by Crippen LogP contribution is -2.42. The number of amides is 2. The number of aromatic nitrogens is 1. The summed E-state index contributed by atoms with van der Waals surface area (Å²) in [5.74, 6) is -2.09. The number of ether oxygens (including phenoxy) is 2. The van der Waals surface area contributed by atoms with Gasteiger partial charge < -0.3 is 24.0 Å². The van der Waals surface area contributed by atoms with Gasteiger partial charge in [-0.05, 0) is 29.3 Å². The van der Waals surface area contributed by atoms with E-state index in [0.717, 1.165) is 17.0 Å². The Morgan fingerprint density at radius 2 is 2.12 bits per heavy atom. The highest BCUT2D eigenvalue weighted by molar-refractivity contribution is 7.23. The predicted octanol–water partition coefficient (Wildman–Crippen LogP) is 2.63. The summed E-state index contributed by atoms with van der Waals surface area (Å²) in [6, 6.07) is 3.59. The molecule has 180 valence electrons. The van der Waals surface area contributed by atoms with Crippen molar-refractivity contribution in [2.45, 2.75) is 18.6 Å². The Labute approximate surface area is 193 Å². The molecule has 4 rings (SSSR count). The number of aliphatic hydroxyl groups is 1. The fraction of sp³-hybridized carbons (Fsp3) is 0.381. The molecule has 13 heteroatoms. The molecular weight excluding hydrogens is 475 g/mol. The summed E-state index contributed by atoms with van der Waals surface area (Å²) in [5.41, 5.74) is 0.124. The fourth-order valence-corrected chi connectivity index (χ4v) is 4.05. The Morgan fingerprint density at radius 1 is 1.35 bits per heavy atom. The molecule has 10 nitrogen and oxygen atoms in total. The minimum absolute atomic E-state index is 0.000742. The van der Waals surface area contributed by atoms with Gasteiger partial charge in [0.25, 0.3) is 11.8 Å². The first kappa shape index (κ1) is 23.8. The molecule has 2 amide bonds. The number of benzene rings is 1. The minimum Gasteiger partial charge on any atom is -0.471 e. The van der Waals surface area contributed by atoms with Crippen LogP contribution in [0.4, 0.5) is 19.3 Å². The molecule has 3 heterocycles. The van der Waals surface area contributed by atoms with Crippen molar-refractivity contribution in [2.24, 2.45) is 0 Å². The lowest BCUT2D eigenvalue weighted by molar-refractivity contribution is -0.138. The van der Waals surface area contributed by atoms with Crippen molar-refractivity contribution in [3.8, 4) is 5.88 Å². The Bertz CT molecular complexity index is 1090. The second-order valence-electron chi connectivity index (χ2n) is 7.64. The van der Waals surface area contributed by atoms with Crippen LogP contribution in [0.1, 0.15) is 12.0 Å². The summed E-state index contributed by atoms with van der Waals surface area (Å²) in [6.45, 7) is 0.208. The van der Waals surface area contributed by atoms with E-state index >= 15 is 0 Å². The highest BCUT2D eigenvalue weighted by Gasteiger charge is 2.34. The van der Waals surface area contributed by atoms with Crippen LogP contribution < -0.4 is 9.64 Å². The Morgan fingerprint density at radius 3 is 2.74 bits per heavy atom. The van der Waals surface area contributed by atoms with Crippen LogP contribution in [0.5, 0.6) is 5.88 Å². The number of nitrogens with zero attached hydrogens (tertiary/aromatic N) is 3. The summed E-state index contributed by atoms with van der Waals surface area (Å²) in [5, 5.41) is 13.3. The lowest BCUT2D eigenvalue weighted by atomic mass is 9.97. The first-order valence-corrected chi connectivity index (χ1v) is 11.3. The molecule has 0 radical (unpaired) electrons. The molecular formula is C21H20F2N3O7P. The topological polar surface area (TPSA) is 122 Å². The van der Waals surface area contributed by atoms with Gasteiger partial charge >= 0.3 is 6.09 Å². The standard InChI is InChI=1S/C21H20F2N3O7P/c22-15-7-13(26-9-14(33-21(26)29)10-31-18-3-6-32-24-18)8-16(23)19(15)12-1-4-25(5-2-12)20(28)17(27)11-34-30/h1,3,6-8,14,17,27H,2,4-5,9-11H2/t14-,17-/m1/s1. The maximum atomic E-state index is 14.9. The molecule has 0 saturated carbocycles. The van der Waals surface area contributed by atoms with Crippen molar-refractivity contribution in [2.75, 3.05) is 37.3 Å². The van der Waals surface area contributed by atoms with Crippen molar-refractivity contribution >= 4 is 31.7 Å². The maximum Gasteiger partial charge on any atom is 0.414 e. The molecule has 0 bridgehead atoms. The number of cyclic esters (lactones) is 1. The van der Waals surface area contributed by atoms with E-state index in [-0.39, 0.29) is 64.4 Å². The van der Waals surface area contributed by atoms with Crippen molar-refractivity contribution < 1.29 is 42.0 Å². The molecule has 0 spiro atoms. The van der Waals surface area contributed by atoms with E-state index in [1.54, 1.807) is 0 Å². The van der Waals surface area contributed by atoms with Crippen LogP contribution in [0.25, 0.3) is 5.57 Å². The van der Waals surface area contributed by atoms with E-state index in [1.165, 1.54) is 23.3 Å². The van der Waals surface area contributed by atoms with Gasteiger partial charge in [-0.25, -0.2) is 13.6 Å². The Balaban J connectivity index is 1.43. The van der Waals surface area contributed by atoms with Gasteiger partial charge in [0.15, 0.2) is 14.6 Å². The molecule has 2 aromatic rings. The quantitative estimate of drug-likeness (QED) is 0.555. The minimum atomic E-state index is -1.40. The largest absolute Gasteiger partial charge is 0.471 e. The lowest BCUT2D eigenvalue weighted by Gasteiger charge is -2.28. The molecule has 0 unspecified atom stereocenters. The van der Waals surface area contributed by atoms with Crippen LogP contribution in [0.15, 0.2) is 35.1 Å². The van der Waals surface area contributed by atoms with E-state index in [0.29, 0.717) is 5.57 Å². The number of hydrogen-bond acceptors (Lipinski definition) is 8. The molecule has 1 N–H and O–H groups in total. The number of rotatable bonds is 8. The third kappa shape index (κ3) is 5.07. The molecule has 34 heavy (non-hydrogen) atoms. The third-order valence-electron chi connectivity index (χ3n) is 5.42. The summed E-state index contributed by atoms with van der Waals surface area (Å²) in [7, 11) is -0.351. The number of anilines is 1. The van der Waals surface area contributed by atoms with Gasteiger partial charge in [0.1, 0.15) is 30.6 Å². The third-order valence-corrected chi connectivity index (χ3v) is 5.91. The fourth-order valence-electron chi connectivity index (χ4n) is 3.75. The summed E-state index contributed by atoms with van der Waals surface area (Å²) in [6.07, 6.45) is -0.0573. The highest BCUT2D eigenvalue weighted by atomic mass is 31.1. The van der Waals surface area contributed by atoms with Crippen molar-refractivity contribution in [1.82, 2.24) is 10.1 Å². The molecule has 2 aliphatic rings. The van der Waals surface area contributed by atoms with Gasteiger partial charge in [-0.2, -0.15) is 0 Å². The van der Waals surface area contributed by atoms with Gasteiger partial charge in [0, 0.05) is 24.7 Å². The van der Waals surface area contributed by atoms with Crippen LogP contribution in [0, 0.1) is 11.6 Å². The van der Waals surface area contributed by atoms with Crippen molar-refractivity contribution in [1.29, 1.82) is 0 Å². The van der Waals surface area contributed by atoms with Crippen molar-refractivity contribution in [3.05, 3.63) is 47.7 Å². The number of hydrogen-bond donors (Lipinski definition) is 1. The SMILES string of the molecule is O=PC[C@@H](O)C(=O)N1CC=C(c2c(F)cc(N3C[C@H](COc4ccon4)OC3=O)cc2F)CC1. The summed E-state index contributed by atoms with van der Waals surface area (Å²) < 4.78 is 55.6. The van der Waals surface area contributed by atoms with Crippen LogP contribution in [-0.4, -0.2) is 71.8 Å². The summed E-state index contributed by atoms with van der Waals surface area (Å²) >= 11 is 0. The monoisotopic (exact) mass is 495 g/mol. The van der Waals surface area contributed by atoms with Crippen LogP contribution in [0.3, 0.4) is 0 Å². The molecule has 1 aromatic heterocycles. The van der Waals surface area contributed by atoms with Crippen LogP contribution >= 0.6 is 8.46 Å². The van der Waals surface area contributed by atoms with Gasteiger partial charge in [-0.1, -0.05) is 6.08 Å². The average Bonchev–Trinajstić information content (AvgIpc) is 3.47. The average molecular weight is 495 g/mol. The van der Waals surface area contributed by atoms with Gasteiger partial charge in [0.2, 0.25) is 0 Å².